The first-order chi connectivity index (χ1) is 17.0. The minimum absolute atomic E-state index is 0.0236. The number of nitrogens with one attached hydrogen (secondary N) is 1. The third kappa shape index (κ3) is 5.68. The van der Waals surface area contributed by atoms with Gasteiger partial charge in [-0.05, 0) is 64.8 Å². The van der Waals surface area contributed by atoms with Gasteiger partial charge in [0.15, 0.2) is 10.7 Å². The van der Waals surface area contributed by atoms with Crippen LogP contribution in [0.2, 0.25) is 0 Å². The SMILES string of the molecule is Cc1noc(C)c1S(=O)(=O)Nc1ccc2c(c1)C(=O)N([C@H](C)CO)C[C@@H](C)[C@@H](CN(C)CC1CC1)O2. The molecule has 2 aliphatic rings. The van der Waals surface area contributed by atoms with Gasteiger partial charge in [0, 0.05) is 31.2 Å². The van der Waals surface area contributed by atoms with Crippen LogP contribution in [0.25, 0.3) is 0 Å². The molecule has 3 atom stereocenters. The van der Waals surface area contributed by atoms with E-state index in [0.29, 0.717) is 18.8 Å². The number of aryl methyl sites for hydroxylation is 2. The first kappa shape index (κ1) is 26.4. The molecule has 1 aliphatic heterocycles. The van der Waals surface area contributed by atoms with Crippen LogP contribution in [0.5, 0.6) is 5.75 Å². The van der Waals surface area contributed by atoms with Gasteiger partial charge in [-0.25, -0.2) is 8.42 Å². The Balaban J connectivity index is 1.66. The molecule has 10 nitrogen and oxygen atoms in total. The summed E-state index contributed by atoms with van der Waals surface area (Å²) < 4.78 is 40.0. The van der Waals surface area contributed by atoms with E-state index in [1.54, 1.807) is 30.9 Å². The van der Waals surface area contributed by atoms with Crippen molar-refractivity contribution in [1.82, 2.24) is 15.0 Å². The maximum Gasteiger partial charge on any atom is 0.267 e. The quantitative estimate of drug-likeness (QED) is 0.517. The molecule has 1 aliphatic carbocycles. The van der Waals surface area contributed by atoms with Gasteiger partial charge in [0.05, 0.1) is 18.2 Å². The van der Waals surface area contributed by atoms with Gasteiger partial charge >= 0.3 is 0 Å². The molecule has 0 unspecified atom stereocenters. The van der Waals surface area contributed by atoms with Crippen LogP contribution < -0.4 is 9.46 Å². The lowest BCUT2D eigenvalue weighted by Crippen LogP contribution is -2.50. The fraction of sp³-hybridized carbons (Fsp3) is 0.600. The lowest BCUT2D eigenvalue weighted by molar-refractivity contribution is 0.0344. The molecule has 36 heavy (non-hydrogen) atoms. The molecule has 0 radical (unpaired) electrons. The largest absolute Gasteiger partial charge is 0.488 e. The second-order valence-corrected chi connectivity index (χ2v) is 11.9. The number of aliphatic hydroxyl groups excluding tert-OH is 1. The van der Waals surface area contributed by atoms with Gasteiger partial charge in [-0.15, -0.1) is 0 Å². The van der Waals surface area contributed by atoms with Crippen LogP contribution in [-0.2, 0) is 10.0 Å². The average molecular weight is 521 g/mol. The number of carbonyl (C=O) groups excluding carboxylic acids is 1. The van der Waals surface area contributed by atoms with E-state index in [2.05, 4.69) is 28.8 Å². The molecule has 1 aromatic heterocycles. The number of ether oxygens (including phenoxy) is 1. The molecular weight excluding hydrogens is 484 g/mol. The van der Waals surface area contributed by atoms with Crippen LogP contribution in [0.15, 0.2) is 27.6 Å². The van der Waals surface area contributed by atoms with Crippen molar-refractivity contribution >= 4 is 21.6 Å². The lowest BCUT2D eigenvalue weighted by atomic mass is 9.99. The maximum atomic E-state index is 13.6. The predicted molar refractivity (Wildman–Crippen MR) is 135 cm³/mol. The third-order valence-electron chi connectivity index (χ3n) is 6.91. The zero-order valence-electron chi connectivity index (χ0n) is 21.5. The number of hydrogen-bond donors (Lipinski definition) is 2. The second-order valence-electron chi connectivity index (χ2n) is 10.3. The molecule has 1 amide bonds. The Morgan fingerprint density at radius 3 is 2.61 bits per heavy atom. The van der Waals surface area contributed by atoms with Crippen molar-refractivity contribution in [3.63, 3.8) is 0 Å². The molecule has 1 saturated carbocycles. The first-order valence-corrected chi connectivity index (χ1v) is 13.8. The second kappa shape index (κ2) is 10.4. The van der Waals surface area contributed by atoms with Gasteiger partial charge in [-0.3, -0.25) is 9.52 Å². The molecule has 198 valence electrons. The van der Waals surface area contributed by atoms with Crippen molar-refractivity contribution in [2.75, 3.05) is 38.0 Å². The van der Waals surface area contributed by atoms with E-state index in [4.69, 9.17) is 9.26 Å². The summed E-state index contributed by atoms with van der Waals surface area (Å²) in [5.74, 6) is 1.02. The van der Waals surface area contributed by atoms with Crippen molar-refractivity contribution in [2.45, 2.75) is 57.6 Å². The van der Waals surface area contributed by atoms with Crippen LogP contribution in [0.3, 0.4) is 0 Å². The van der Waals surface area contributed by atoms with E-state index >= 15 is 0 Å². The summed E-state index contributed by atoms with van der Waals surface area (Å²) in [6, 6.07) is 4.30. The minimum Gasteiger partial charge on any atom is -0.488 e. The summed E-state index contributed by atoms with van der Waals surface area (Å²) in [7, 11) is -1.90. The van der Waals surface area contributed by atoms with Crippen LogP contribution in [-0.4, -0.2) is 79.8 Å². The number of aromatic nitrogens is 1. The molecule has 2 aromatic rings. The van der Waals surface area contributed by atoms with E-state index in [-0.39, 0.29) is 52.1 Å². The topological polar surface area (TPSA) is 125 Å². The monoisotopic (exact) mass is 520 g/mol. The summed E-state index contributed by atoms with van der Waals surface area (Å²) in [5.41, 5.74) is 0.718. The Morgan fingerprint density at radius 2 is 2.00 bits per heavy atom. The number of aliphatic hydroxyl groups is 1. The Bertz CT molecular complexity index is 1190. The highest BCUT2D eigenvalue weighted by molar-refractivity contribution is 7.92. The number of fused-ring (bicyclic) bond motifs is 1. The van der Waals surface area contributed by atoms with E-state index in [0.717, 1.165) is 12.5 Å². The van der Waals surface area contributed by atoms with Crippen molar-refractivity contribution in [3.8, 4) is 5.75 Å². The standard InChI is InChI=1S/C25H36N4O6S/c1-15-11-29(16(2)14-30)25(31)21-10-20(27-36(32,33)24-17(3)26-35-18(24)4)8-9-22(21)34-23(15)13-28(5)12-19-6-7-19/h8-10,15-16,19,23,27,30H,6-7,11-14H2,1-5H3/t15-,16-,23-/m1/s1. The third-order valence-corrected chi connectivity index (χ3v) is 8.54. The predicted octanol–water partition coefficient (Wildman–Crippen LogP) is 2.65. The Kier molecular flexibility index (Phi) is 7.63. The van der Waals surface area contributed by atoms with E-state index < -0.39 is 16.1 Å². The maximum absolute atomic E-state index is 13.6. The summed E-state index contributed by atoms with van der Waals surface area (Å²) in [6.45, 7) is 8.88. The lowest BCUT2D eigenvalue weighted by Gasteiger charge is -2.38. The number of anilines is 1. The zero-order chi connectivity index (χ0) is 26.2. The number of carbonyl (C=O) groups is 1. The van der Waals surface area contributed by atoms with Crippen molar-refractivity contribution in [1.29, 1.82) is 0 Å². The minimum atomic E-state index is -3.99. The summed E-state index contributed by atoms with van der Waals surface area (Å²) in [6.07, 6.45) is 2.34. The molecule has 2 heterocycles. The van der Waals surface area contributed by atoms with E-state index in [1.165, 1.54) is 25.8 Å². The number of sulfonamides is 1. The fourth-order valence-electron chi connectivity index (χ4n) is 4.69. The first-order valence-electron chi connectivity index (χ1n) is 12.4. The molecular formula is C25H36N4O6S. The number of benzene rings is 1. The Hall–Kier alpha value is -2.63. The molecule has 11 heteroatoms. The number of hydrogen-bond acceptors (Lipinski definition) is 8. The normalized spacial score (nSPS) is 21.5. The van der Waals surface area contributed by atoms with Crippen LogP contribution in [0.4, 0.5) is 5.69 Å². The van der Waals surface area contributed by atoms with Gasteiger partial charge in [0.2, 0.25) is 0 Å². The van der Waals surface area contributed by atoms with Gasteiger partial charge in [-0.2, -0.15) is 0 Å². The molecule has 4 rings (SSSR count). The van der Waals surface area contributed by atoms with Gasteiger partial charge in [0.1, 0.15) is 17.5 Å². The molecule has 0 saturated heterocycles. The van der Waals surface area contributed by atoms with E-state index in [1.807, 2.05) is 0 Å². The highest BCUT2D eigenvalue weighted by atomic mass is 32.2. The number of amides is 1. The molecule has 1 aromatic carbocycles. The molecule has 1 fully saturated rings. The Labute approximate surface area is 212 Å². The fourth-order valence-corrected chi connectivity index (χ4v) is 6.07. The van der Waals surface area contributed by atoms with E-state index in [9.17, 15) is 18.3 Å². The smallest absolute Gasteiger partial charge is 0.267 e. The van der Waals surface area contributed by atoms with Gasteiger partial charge in [0.25, 0.3) is 15.9 Å². The van der Waals surface area contributed by atoms with Crippen LogP contribution in [0, 0.1) is 25.7 Å². The zero-order valence-corrected chi connectivity index (χ0v) is 22.3. The van der Waals surface area contributed by atoms with Crippen molar-refractivity contribution in [3.05, 3.63) is 35.2 Å². The number of likely N-dealkylation sites (N-methyl/N-ethyl adjacent to an activating group) is 1. The molecule has 2 N–H and O–H groups in total. The summed E-state index contributed by atoms with van der Waals surface area (Å²) >= 11 is 0. The van der Waals surface area contributed by atoms with Crippen molar-refractivity contribution in [2.24, 2.45) is 11.8 Å². The van der Waals surface area contributed by atoms with Gasteiger partial charge in [-0.1, -0.05) is 12.1 Å². The van der Waals surface area contributed by atoms with Crippen LogP contribution in [0.1, 0.15) is 48.5 Å². The number of rotatable bonds is 9. The molecule has 0 bridgehead atoms. The van der Waals surface area contributed by atoms with Crippen LogP contribution >= 0.6 is 0 Å². The average Bonchev–Trinajstić information content (AvgIpc) is 3.56. The van der Waals surface area contributed by atoms with Crippen molar-refractivity contribution < 1.29 is 27.6 Å². The van der Waals surface area contributed by atoms with Gasteiger partial charge < -0.3 is 24.2 Å². The number of nitrogens with zero attached hydrogens (tertiary/aromatic N) is 3. The Morgan fingerprint density at radius 1 is 1.28 bits per heavy atom. The molecule has 0 spiro atoms. The highest BCUT2D eigenvalue weighted by Crippen LogP contribution is 2.33. The summed E-state index contributed by atoms with van der Waals surface area (Å²) in [4.78, 5) is 17.5. The summed E-state index contributed by atoms with van der Waals surface area (Å²) in [5, 5.41) is 13.6. The highest BCUT2D eigenvalue weighted by Gasteiger charge is 2.34.